The van der Waals surface area contributed by atoms with Crippen LogP contribution in [0.25, 0.3) is 0 Å². The third-order valence-electron chi connectivity index (χ3n) is 4.34. The van der Waals surface area contributed by atoms with Gasteiger partial charge in [0.1, 0.15) is 10.7 Å². The van der Waals surface area contributed by atoms with E-state index >= 15 is 0 Å². The highest BCUT2D eigenvalue weighted by atomic mass is 79.9. The maximum atomic E-state index is 12.9. The second kappa shape index (κ2) is 8.87. The quantitative estimate of drug-likeness (QED) is 0.699. The number of benzene rings is 2. The summed E-state index contributed by atoms with van der Waals surface area (Å²) in [6.45, 7) is 1.50. The number of anilines is 1. The summed E-state index contributed by atoms with van der Waals surface area (Å²) in [4.78, 5) is 14.1. The largest absolute Gasteiger partial charge is 0.325 e. The highest BCUT2D eigenvalue weighted by Crippen LogP contribution is 2.28. The second-order valence-corrected chi connectivity index (χ2v) is 9.54. The van der Waals surface area contributed by atoms with Crippen LogP contribution in [-0.4, -0.2) is 56.3 Å². The average Bonchev–Trinajstić information content (AvgIpc) is 2.64. The molecule has 150 valence electrons. The Morgan fingerprint density at radius 2 is 1.75 bits per heavy atom. The van der Waals surface area contributed by atoms with Crippen LogP contribution >= 0.6 is 27.5 Å². The van der Waals surface area contributed by atoms with E-state index in [1.165, 1.54) is 34.6 Å². The number of sulfonamides is 1. The maximum Gasteiger partial charge on any atom is 0.244 e. The fourth-order valence-electron chi connectivity index (χ4n) is 2.89. The fraction of sp³-hybridized carbons (Fsp3) is 0.278. The summed E-state index contributed by atoms with van der Waals surface area (Å²) in [6, 6.07) is 10.2. The van der Waals surface area contributed by atoms with Crippen LogP contribution in [0, 0.1) is 5.82 Å². The number of hydrogen-bond donors (Lipinski definition) is 1. The fourth-order valence-corrected chi connectivity index (χ4v) is 5.32. The van der Waals surface area contributed by atoms with Crippen molar-refractivity contribution in [1.82, 2.24) is 9.21 Å². The highest BCUT2D eigenvalue weighted by molar-refractivity contribution is 9.10. The lowest BCUT2D eigenvalue weighted by molar-refractivity contribution is -0.117. The number of halogens is 3. The Kier molecular flexibility index (Phi) is 6.72. The molecule has 1 N–H and O–H groups in total. The lowest BCUT2D eigenvalue weighted by atomic mass is 10.3. The van der Waals surface area contributed by atoms with E-state index in [4.69, 9.17) is 11.6 Å². The van der Waals surface area contributed by atoms with Crippen LogP contribution in [0.15, 0.2) is 51.8 Å². The Hall–Kier alpha value is -1.52. The van der Waals surface area contributed by atoms with Gasteiger partial charge < -0.3 is 5.32 Å². The lowest BCUT2D eigenvalue weighted by Crippen LogP contribution is -2.50. The minimum atomic E-state index is -3.70. The summed E-state index contributed by atoms with van der Waals surface area (Å²) in [5, 5.41) is 2.86. The van der Waals surface area contributed by atoms with E-state index in [2.05, 4.69) is 21.2 Å². The number of carbonyl (C=O) groups is 1. The summed E-state index contributed by atoms with van der Waals surface area (Å²) >= 11 is 9.36. The molecule has 1 amide bonds. The standard InChI is InChI=1S/C18H18BrClFN3O3S/c19-13-1-6-17(16(20)11-13)28(26,27)24-9-7-23(8-10-24)12-18(25)22-15-4-2-14(21)3-5-15/h1-6,11H,7-10,12H2,(H,22,25). The van der Waals surface area contributed by atoms with Crippen molar-refractivity contribution in [2.45, 2.75) is 4.90 Å². The van der Waals surface area contributed by atoms with E-state index in [-0.39, 0.29) is 41.3 Å². The predicted octanol–water partition coefficient (Wildman–Crippen LogP) is 3.19. The molecule has 0 atom stereocenters. The first kappa shape index (κ1) is 21.2. The number of nitrogens with zero attached hydrogens (tertiary/aromatic N) is 2. The number of amides is 1. The normalized spacial score (nSPS) is 16.1. The van der Waals surface area contributed by atoms with Crippen molar-refractivity contribution >= 4 is 49.1 Å². The number of nitrogens with one attached hydrogen (secondary N) is 1. The molecule has 10 heteroatoms. The van der Waals surface area contributed by atoms with Crippen molar-refractivity contribution in [3.05, 3.63) is 57.8 Å². The van der Waals surface area contributed by atoms with Crippen molar-refractivity contribution in [2.75, 3.05) is 38.0 Å². The van der Waals surface area contributed by atoms with Crippen molar-refractivity contribution in [3.8, 4) is 0 Å². The number of carbonyl (C=O) groups excluding carboxylic acids is 1. The molecule has 6 nitrogen and oxygen atoms in total. The molecular weight excluding hydrogens is 473 g/mol. The molecule has 0 bridgehead atoms. The van der Waals surface area contributed by atoms with Gasteiger partial charge in [0.15, 0.2) is 0 Å². The highest BCUT2D eigenvalue weighted by Gasteiger charge is 2.30. The Morgan fingerprint density at radius 3 is 2.36 bits per heavy atom. The van der Waals surface area contributed by atoms with Gasteiger partial charge in [-0.25, -0.2) is 12.8 Å². The molecule has 1 fully saturated rings. The topological polar surface area (TPSA) is 69.7 Å². The van der Waals surface area contributed by atoms with Gasteiger partial charge in [0.25, 0.3) is 0 Å². The van der Waals surface area contributed by atoms with E-state index in [1.807, 2.05) is 4.90 Å². The van der Waals surface area contributed by atoms with Gasteiger partial charge in [0.2, 0.25) is 15.9 Å². The van der Waals surface area contributed by atoms with E-state index in [1.54, 1.807) is 12.1 Å². The molecule has 2 aromatic carbocycles. The minimum absolute atomic E-state index is 0.0693. The van der Waals surface area contributed by atoms with Crippen LogP contribution in [-0.2, 0) is 14.8 Å². The third-order valence-corrected chi connectivity index (χ3v) is 7.21. The van der Waals surface area contributed by atoms with E-state index in [0.29, 0.717) is 23.2 Å². The molecule has 0 radical (unpaired) electrons. The summed E-state index contributed by atoms with van der Waals surface area (Å²) in [6.07, 6.45) is 0. The first-order valence-electron chi connectivity index (χ1n) is 8.49. The van der Waals surface area contributed by atoms with E-state index < -0.39 is 10.0 Å². The van der Waals surface area contributed by atoms with Gasteiger partial charge in [-0.1, -0.05) is 27.5 Å². The maximum absolute atomic E-state index is 12.9. The number of piperazine rings is 1. The molecule has 0 spiro atoms. The molecule has 2 aromatic rings. The van der Waals surface area contributed by atoms with Crippen LogP contribution in [0.2, 0.25) is 5.02 Å². The van der Waals surface area contributed by atoms with Crippen LogP contribution < -0.4 is 5.32 Å². The van der Waals surface area contributed by atoms with Crippen LogP contribution in [0.1, 0.15) is 0 Å². The molecule has 0 aliphatic carbocycles. The molecule has 3 rings (SSSR count). The van der Waals surface area contributed by atoms with Crippen molar-refractivity contribution in [2.24, 2.45) is 0 Å². The molecule has 1 aliphatic rings. The predicted molar refractivity (Wildman–Crippen MR) is 109 cm³/mol. The Bertz CT molecular complexity index is 965. The average molecular weight is 491 g/mol. The SMILES string of the molecule is O=C(CN1CCN(S(=O)(=O)c2ccc(Br)cc2Cl)CC1)Nc1ccc(F)cc1. The van der Waals surface area contributed by atoms with Gasteiger partial charge in [0.05, 0.1) is 11.6 Å². The Balaban J connectivity index is 1.56. The summed E-state index contributed by atoms with van der Waals surface area (Å²) in [7, 11) is -3.70. The summed E-state index contributed by atoms with van der Waals surface area (Å²) in [5.41, 5.74) is 0.512. The van der Waals surface area contributed by atoms with Gasteiger partial charge in [0, 0.05) is 36.3 Å². The zero-order valence-corrected chi connectivity index (χ0v) is 17.9. The van der Waals surface area contributed by atoms with Gasteiger partial charge >= 0.3 is 0 Å². The molecular formula is C18H18BrClFN3O3S. The first-order valence-corrected chi connectivity index (χ1v) is 11.1. The van der Waals surface area contributed by atoms with Gasteiger partial charge in [-0.2, -0.15) is 4.31 Å². The Morgan fingerprint density at radius 1 is 1.11 bits per heavy atom. The van der Waals surface area contributed by atoms with Gasteiger partial charge in [-0.05, 0) is 42.5 Å². The molecule has 28 heavy (non-hydrogen) atoms. The second-order valence-electron chi connectivity index (χ2n) is 6.31. The van der Waals surface area contributed by atoms with Crippen molar-refractivity contribution < 1.29 is 17.6 Å². The zero-order valence-electron chi connectivity index (χ0n) is 14.7. The first-order chi connectivity index (χ1) is 13.3. The minimum Gasteiger partial charge on any atom is -0.325 e. The number of hydrogen-bond acceptors (Lipinski definition) is 4. The van der Waals surface area contributed by atoms with E-state index in [0.717, 1.165) is 0 Å². The smallest absolute Gasteiger partial charge is 0.244 e. The van der Waals surface area contributed by atoms with Crippen LogP contribution in [0.5, 0.6) is 0 Å². The van der Waals surface area contributed by atoms with E-state index in [9.17, 15) is 17.6 Å². The summed E-state index contributed by atoms with van der Waals surface area (Å²) in [5.74, 6) is -0.611. The molecule has 0 saturated carbocycles. The third kappa shape index (κ3) is 5.09. The monoisotopic (exact) mass is 489 g/mol. The van der Waals surface area contributed by atoms with Crippen LogP contribution in [0.3, 0.4) is 0 Å². The molecule has 0 unspecified atom stereocenters. The van der Waals surface area contributed by atoms with Crippen molar-refractivity contribution in [3.63, 3.8) is 0 Å². The molecule has 1 aliphatic heterocycles. The lowest BCUT2D eigenvalue weighted by Gasteiger charge is -2.33. The van der Waals surface area contributed by atoms with Gasteiger partial charge in [-0.3, -0.25) is 9.69 Å². The Labute approximate surface area is 176 Å². The van der Waals surface area contributed by atoms with Crippen molar-refractivity contribution in [1.29, 1.82) is 0 Å². The van der Waals surface area contributed by atoms with Crippen LogP contribution in [0.4, 0.5) is 10.1 Å². The molecule has 0 aromatic heterocycles. The molecule has 1 saturated heterocycles. The van der Waals surface area contributed by atoms with Gasteiger partial charge in [-0.15, -0.1) is 0 Å². The summed E-state index contributed by atoms with van der Waals surface area (Å²) < 4.78 is 40.6. The molecule has 1 heterocycles. The number of rotatable bonds is 5. The zero-order chi connectivity index (χ0) is 20.3.